The van der Waals surface area contributed by atoms with Crippen LogP contribution in [0.1, 0.15) is 17.3 Å². The lowest BCUT2D eigenvalue weighted by molar-refractivity contribution is 0.102. The fourth-order valence-electron chi connectivity index (χ4n) is 2.82. The number of imidazole rings is 1. The Morgan fingerprint density at radius 1 is 1.11 bits per heavy atom. The summed E-state index contributed by atoms with van der Waals surface area (Å²) in [6.45, 7) is 2.42. The molecule has 1 N–H and O–H groups in total. The van der Waals surface area contributed by atoms with E-state index in [9.17, 15) is 4.79 Å². The highest BCUT2D eigenvalue weighted by atomic mass is 16.5. The smallest absolute Gasteiger partial charge is 0.257 e. The summed E-state index contributed by atoms with van der Waals surface area (Å²) in [6, 6.07) is 16.8. The molecular formula is C21H18N4O2. The van der Waals surface area contributed by atoms with E-state index in [2.05, 4.69) is 15.3 Å². The number of para-hydroxylation sites is 1. The van der Waals surface area contributed by atoms with Gasteiger partial charge in [-0.2, -0.15) is 0 Å². The van der Waals surface area contributed by atoms with E-state index in [1.165, 1.54) is 6.20 Å². The molecule has 3 aromatic heterocycles. The zero-order valence-electron chi connectivity index (χ0n) is 14.8. The summed E-state index contributed by atoms with van der Waals surface area (Å²) in [4.78, 5) is 21.4. The third kappa shape index (κ3) is 3.50. The van der Waals surface area contributed by atoms with Crippen molar-refractivity contribution < 1.29 is 9.53 Å². The quantitative estimate of drug-likeness (QED) is 0.584. The molecule has 0 fully saturated rings. The number of rotatable bonds is 5. The Morgan fingerprint density at radius 3 is 2.74 bits per heavy atom. The molecule has 0 aliphatic rings. The fourth-order valence-corrected chi connectivity index (χ4v) is 2.82. The summed E-state index contributed by atoms with van der Waals surface area (Å²) >= 11 is 0. The number of hydrogen-bond donors (Lipinski definition) is 1. The van der Waals surface area contributed by atoms with Gasteiger partial charge in [0.2, 0.25) is 5.88 Å². The van der Waals surface area contributed by atoms with Gasteiger partial charge in [-0.3, -0.25) is 4.79 Å². The molecule has 0 aliphatic heterocycles. The summed E-state index contributed by atoms with van der Waals surface area (Å²) in [5.41, 5.74) is 3.66. The molecule has 0 saturated heterocycles. The number of hydrogen-bond acceptors (Lipinski definition) is 4. The lowest BCUT2D eigenvalue weighted by Gasteiger charge is -2.10. The normalized spacial score (nSPS) is 10.7. The number of carbonyl (C=O) groups is 1. The fraction of sp³-hybridized carbons (Fsp3) is 0.0952. The standard InChI is InChI=1S/C21H18N4O2/c1-2-27-20-11-10-15(13-22-20)21(26)24-17-8-4-3-7-16(17)18-14-25-12-6-5-9-19(25)23-18/h3-14H,2H2,1H3,(H,24,26). The van der Waals surface area contributed by atoms with Crippen molar-refractivity contribution in [2.45, 2.75) is 6.92 Å². The van der Waals surface area contributed by atoms with Crippen LogP contribution < -0.4 is 10.1 Å². The van der Waals surface area contributed by atoms with Crippen LogP contribution in [0.5, 0.6) is 5.88 Å². The lowest BCUT2D eigenvalue weighted by atomic mass is 10.1. The molecule has 6 heteroatoms. The molecule has 0 bridgehead atoms. The number of amides is 1. The third-order valence-electron chi connectivity index (χ3n) is 4.11. The van der Waals surface area contributed by atoms with Crippen molar-refractivity contribution in [3.63, 3.8) is 0 Å². The molecule has 1 amide bonds. The number of carbonyl (C=O) groups excluding carboxylic acids is 1. The Morgan fingerprint density at radius 2 is 1.96 bits per heavy atom. The van der Waals surface area contributed by atoms with E-state index in [0.717, 1.165) is 16.9 Å². The van der Waals surface area contributed by atoms with E-state index in [0.29, 0.717) is 23.7 Å². The van der Waals surface area contributed by atoms with Gasteiger partial charge in [0.05, 0.1) is 23.6 Å². The van der Waals surface area contributed by atoms with Crippen LogP contribution in [-0.2, 0) is 0 Å². The second-order valence-electron chi connectivity index (χ2n) is 5.91. The van der Waals surface area contributed by atoms with Gasteiger partial charge in [-0.05, 0) is 31.2 Å². The van der Waals surface area contributed by atoms with Crippen LogP contribution in [-0.4, -0.2) is 26.9 Å². The molecule has 0 atom stereocenters. The van der Waals surface area contributed by atoms with Gasteiger partial charge in [0.15, 0.2) is 0 Å². The van der Waals surface area contributed by atoms with Crippen LogP contribution in [0.15, 0.2) is 73.2 Å². The summed E-state index contributed by atoms with van der Waals surface area (Å²) in [7, 11) is 0. The van der Waals surface area contributed by atoms with Crippen molar-refractivity contribution in [3.05, 3.63) is 78.8 Å². The summed E-state index contributed by atoms with van der Waals surface area (Å²) in [5.74, 6) is 0.265. The third-order valence-corrected chi connectivity index (χ3v) is 4.11. The molecule has 6 nitrogen and oxygen atoms in total. The predicted molar refractivity (Wildman–Crippen MR) is 104 cm³/mol. The monoisotopic (exact) mass is 358 g/mol. The molecule has 0 unspecified atom stereocenters. The average molecular weight is 358 g/mol. The molecule has 27 heavy (non-hydrogen) atoms. The zero-order valence-corrected chi connectivity index (χ0v) is 14.8. The first-order valence-electron chi connectivity index (χ1n) is 8.68. The topological polar surface area (TPSA) is 68.5 Å². The maximum Gasteiger partial charge on any atom is 0.257 e. The van der Waals surface area contributed by atoms with Crippen molar-refractivity contribution in [1.29, 1.82) is 0 Å². The molecule has 134 valence electrons. The van der Waals surface area contributed by atoms with Gasteiger partial charge in [-0.15, -0.1) is 0 Å². The molecule has 0 spiro atoms. The molecule has 0 aliphatic carbocycles. The van der Waals surface area contributed by atoms with Gasteiger partial charge in [-0.1, -0.05) is 24.3 Å². The maximum atomic E-state index is 12.6. The summed E-state index contributed by atoms with van der Waals surface area (Å²) < 4.78 is 7.26. The number of nitrogens with zero attached hydrogens (tertiary/aromatic N) is 3. The maximum absolute atomic E-state index is 12.6. The Kier molecular flexibility index (Phi) is 4.53. The van der Waals surface area contributed by atoms with Gasteiger partial charge in [0, 0.05) is 30.2 Å². The number of pyridine rings is 2. The van der Waals surface area contributed by atoms with E-state index in [1.807, 2.05) is 66.2 Å². The van der Waals surface area contributed by atoms with Crippen molar-refractivity contribution in [2.75, 3.05) is 11.9 Å². The Labute approximate surface area is 156 Å². The number of nitrogens with one attached hydrogen (secondary N) is 1. The van der Waals surface area contributed by atoms with E-state index in [4.69, 9.17) is 4.74 Å². The highest BCUT2D eigenvalue weighted by Gasteiger charge is 2.13. The number of fused-ring (bicyclic) bond motifs is 1. The minimum Gasteiger partial charge on any atom is -0.478 e. The molecule has 4 aromatic rings. The van der Waals surface area contributed by atoms with Gasteiger partial charge < -0.3 is 14.5 Å². The molecule has 0 saturated carbocycles. The van der Waals surface area contributed by atoms with Crippen LogP contribution in [0.25, 0.3) is 16.9 Å². The van der Waals surface area contributed by atoms with Gasteiger partial charge in [0.25, 0.3) is 5.91 Å². The minimum atomic E-state index is -0.234. The van der Waals surface area contributed by atoms with E-state index in [-0.39, 0.29) is 5.91 Å². The van der Waals surface area contributed by atoms with Gasteiger partial charge in [-0.25, -0.2) is 9.97 Å². The van der Waals surface area contributed by atoms with Crippen molar-refractivity contribution in [3.8, 4) is 17.1 Å². The van der Waals surface area contributed by atoms with Gasteiger partial charge >= 0.3 is 0 Å². The first-order chi connectivity index (χ1) is 13.2. The molecular weight excluding hydrogens is 340 g/mol. The van der Waals surface area contributed by atoms with E-state index >= 15 is 0 Å². The van der Waals surface area contributed by atoms with Crippen LogP contribution in [0.4, 0.5) is 5.69 Å². The average Bonchev–Trinajstić information content (AvgIpc) is 3.13. The Hall–Kier alpha value is -3.67. The van der Waals surface area contributed by atoms with Crippen LogP contribution >= 0.6 is 0 Å². The first-order valence-corrected chi connectivity index (χ1v) is 8.68. The summed E-state index contributed by atoms with van der Waals surface area (Å²) in [6.07, 6.45) is 5.39. The molecule has 4 rings (SSSR count). The zero-order chi connectivity index (χ0) is 18.6. The Balaban J connectivity index is 1.62. The van der Waals surface area contributed by atoms with Crippen LogP contribution in [0.2, 0.25) is 0 Å². The first kappa shape index (κ1) is 16.8. The summed E-state index contributed by atoms with van der Waals surface area (Å²) in [5, 5.41) is 2.95. The molecule has 3 heterocycles. The second kappa shape index (κ2) is 7.29. The minimum absolute atomic E-state index is 0.234. The lowest BCUT2D eigenvalue weighted by Crippen LogP contribution is -2.13. The number of benzene rings is 1. The van der Waals surface area contributed by atoms with E-state index < -0.39 is 0 Å². The largest absolute Gasteiger partial charge is 0.478 e. The molecule has 1 aromatic carbocycles. The SMILES string of the molecule is CCOc1ccc(C(=O)Nc2ccccc2-c2cn3ccccc3n2)cn1. The molecule has 0 radical (unpaired) electrons. The van der Waals surface area contributed by atoms with Crippen molar-refractivity contribution >= 4 is 17.2 Å². The second-order valence-corrected chi connectivity index (χ2v) is 5.91. The number of aromatic nitrogens is 3. The Bertz CT molecular complexity index is 1050. The van der Waals surface area contributed by atoms with Crippen molar-refractivity contribution in [1.82, 2.24) is 14.4 Å². The number of anilines is 1. The highest BCUT2D eigenvalue weighted by molar-refractivity contribution is 6.06. The van der Waals surface area contributed by atoms with Crippen molar-refractivity contribution in [2.24, 2.45) is 0 Å². The van der Waals surface area contributed by atoms with Crippen LogP contribution in [0.3, 0.4) is 0 Å². The highest BCUT2D eigenvalue weighted by Crippen LogP contribution is 2.27. The number of ether oxygens (including phenoxy) is 1. The van der Waals surface area contributed by atoms with E-state index in [1.54, 1.807) is 12.1 Å². The van der Waals surface area contributed by atoms with Gasteiger partial charge in [0.1, 0.15) is 5.65 Å². The van der Waals surface area contributed by atoms with Crippen LogP contribution in [0, 0.1) is 0 Å². The predicted octanol–water partition coefficient (Wildman–Crippen LogP) is 4.05.